The van der Waals surface area contributed by atoms with Gasteiger partial charge in [0.1, 0.15) is 18.2 Å². The summed E-state index contributed by atoms with van der Waals surface area (Å²) in [5, 5.41) is 3.89. The molecule has 13 heteroatoms. The van der Waals surface area contributed by atoms with Gasteiger partial charge in [-0.25, -0.2) is 28.1 Å². The number of hydrogen-bond acceptors (Lipinski definition) is 7. The molecule has 2 atom stereocenters. The van der Waals surface area contributed by atoms with Crippen molar-refractivity contribution in [2.24, 2.45) is 0 Å². The number of fused-ring (bicyclic) bond motifs is 2. The Bertz CT molecular complexity index is 1670. The summed E-state index contributed by atoms with van der Waals surface area (Å²) in [4.78, 5) is 15.2. The maximum atomic E-state index is 12.8. The second-order valence-electron chi connectivity index (χ2n) is 10.5. The van der Waals surface area contributed by atoms with Gasteiger partial charge in [-0.3, -0.25) is 0 Å². The monoisotopic (exact) mass is 625 g/mol. The van der Waals surface area contributed by atoms with Gasteiger partial charge in [-0.2, -0.15) is 4.31 Å². The average molecular weight is 627 g/mol. The van der Waals surface area contributed by atoms with Crippen molar-refractivity contribution in [1.29, 1.82) is 0 Å². The fourth-order valence-electron chi connectivity index (χ4n) is 5.36. The van der Waals surface area contributed by atoms with E-state index in [0.29, 0.717) is 57.3 Å². The van der Waals surface area contributed by atoms with E-state index >= 15 is 0 Å². The fraction of sp³-hybridized carbons (Fsp3) is 0.379. The number of nitrogens with two attached hydrogens (primary N) is 1. The van der Waals surface area contributed by atoms with Crippen LogP contribution in [0.15, 0.2) is 42.7 Å². The highest BCUT2D eigenvalue weighted by atomic mass is 35.5. The highest BCUT2D eigenvalue weighted by Gasteiger charge is 2.52. The highest BCUT2D eigenvalue weighted by Crippen LogP contribution is 2.44. The summed E-state index contributed by atoms with van der Waals surface area (Å²) in [7, 11) is -3.17. The van der Waals surface area contributed by atoms with Crippen LogP contribution < -0.4 is 15.8 Å². The van der Waals surface area contributed by atoms with E-state index in [9.17, 15) is 8.42 Å². The third-order valence-corrected chi connectivity index (χ3v) is 10.8. The topological polar surface area (TPSA) is 119 Å². The first-order valence-electron chi connectivity index (χ1n) is 13.5. The Balaban J connectivity index is 0.000000300. The van der Waals surface area contributed by atoms with Crippen molar-refractivity contribution < 1.29 is 13.2 Å². The second-order valence-corrected chi connectivity index (χ2v) is 13.5. The molecule has 3 heterocycles. The molecule has 2 saturated heterocycles. The molecule has 10 nitrogen and oxygen atoms in total. The first-order chi connectivity index (χ1) is 20.1. The van der Waals surface area contributed by atoms with E-state index < -0.39 is 10.0 Å². The van der Waals surface area contributed by atoms with Crippen LogP contribution in [0.2, 0.25) is 10.0 Å². The van der Waals surface area contributed by atoms with Gasteiger partial charge in [-0.15, -0.1) is 0 Å². The van der Waals surface area contributed by atoms with Crippen LogP contribution in [-0.2, 0) is 10.0 Å². The van der Waals surface area contributed by atoms with Crippen molar-refractivity contribution in [3.05, 3.63) is 81.2 Å². The smallest absolute Gasteiger partial charge is 0.221 e. The summed E-state index contributed by atoms with van der Waals surface area (Å²) in [5.74, 6) is 1.06. The molecule has 42 heavy (non-hydrogen) atoms. The molecule has 0 unspecified atom stereocenters. The number of piperidine rings is 1. The van der Waals surface area contributed by atoms with Crippen LogP contribution in [0.5, 0.6) is 5.88 Å². The lowest BCUT2D eigenvalue weighted by molar-refractivity contribution is 0.0910. The summed E-state index contributed by atoms with van der Waals surface area (Å²) in [6, 6.07) is 9.87. The third-order valence-electron chi connectivity index (χ3n) is 7.63. The zero-order valence-electron chi connectivity index (χ0n) is 22.8. The molecule has 1 aromatic heterocycles. The highest BCUT2D eigenvalue weighted by molar-refractivity contribution is 7.90. The van der Waals surface area contributed by atoms with Crippen LogP contribution in [0.1, 0.15) is 44.1 Å². The minimum Gasteiger partial charge on any atom is -0.474 e. The molecule has 3 fully saturated rings. The molecule has 0 amide bonds. The summed E-state index contributed by atoms with van der Waals surface area (Å²) in [5.41, 5.74) is 8.29. The Morgan fingerprint density at radius 2 is 1.60 bits per heavy atom. The number of nitrogens with one attached hydrogen (secondary N) is 1. The van der Waals surface area contributed by atoms with Crippen LogP contribution in [0, 0.1) is 20.1 Å². The van der Waals surface area contributed by atoms with Gasteiger partial charge in [-0.05, 0) is 56.9 Å². The Hall–Kier alpha value is -3.61. The average Bonchev–Trinajstić information content (AvgIpc) is 3.79. The van der Waals surface area contributed by atoms with Crippen LogP contribution in [0.25, 0.3) is 9.69 Å². The minimum atomic E-state index is -3.17. The number of nitrogen functional groups attached to an aromatic ring is 1. The van der Waals surface area contributed by atoms with Crippen molar-refractivity contribution >= 4 is 61.8 Å². The molecule has 3 N–H and O–H groups in total. The van der Waals surface area contributed by atoms with Gasteiger partial charge in [0.15, 0.2) is 11.4 Å². The molecule has 0 spiro atoms. The Morgan fingerprint density at radius 3 is 2.17 bits per heavy atom. The van der Waals surface area contributed by atoms with Crippen LogP contribution in [0.4, 0.5) is 28.6 Å². The van der Waals surface area contributed by atoms with Crippen molar-refractivity contribution in [3.63, 3.8) is 0 Å². The van der Waals surface area contributed by atoms with E-state index in [1.807, 2.05) is 6.92 Å². The molecule has 3 aromatic rings. The number of hydrogen-bond donors (Lipinski definition) is 2. The van der Waals surface area contributed by atoms with E-state index in [0.717, 1.165) is 31.2 Å². The zero-order chi connectivity index (χ0) is 30.0. The number of halogens is 2. The number of anilines is 3. The number of ether oxygens (including phenoxy) is 1. The van der Waals surface area contributed by atoms with E-state index in [4.69, 9.17) is 46.8 Å². The third kappa shape index (κ3) is 6.40. The van der Waals surface area contributed by atoms with Crippen molar-refractivity contribution in [2.45, 2.75) is 68.9 Å². The minimum absolute atomic E-state index is 0.0175. The molecule has 1 saturated carbocycles. The first kappa shape index (κ1) is 29.9. The van der Waals surface area contributed by atoms with Gasteiger partial charge in [0, 0.05) is 30.6 Å². The molecule has 1 aliphatic carbocycles. The summed E-state index contributed by atoms with van der Waals surface area (Å²) >= 11 is 11.9. The molecule has 0 radical (unpaired) electrons. The van der Waals surface area contributed by atoms with Gasteiger partial charge in [0.05, 0.1) is 39.7 Å². The number of nitrogens with zero attached hydrogens (tertiary/aromatic N) is 5. The SMILES string of the molecule is [C-]#[N+]c1ccc(N)c(Cl)c1.[C-]#[N+]c1ccc(Nc2ncnc(OC3C[C@@H]4CC[C@@H](C3)N4S(=O)(=O)C3CC3)c2C)c(Cl)c1. The fourth-order valence-corrected chi connectivity index (χ4v) is 8.05. The molecule has 6 rings (SSSR count). The van der Waals surface area contributed by atoms with E-state index in [-0.39, 0.29) is 23.4 Å². The van der Waals surface area contributed by atoms with Gasteiger partial charge in [0.25, 0.3) is 0 Å². The second kappa shape index (κ2) is 12.3. The van der Waals surface area contributed by atoms with Crippen molar-refractivity contribution in [1.82, 2.24) is 14.3 Å². The lowest BCUT2D eigenvalue weighted by atomic mass is 10.0. The van der Waals surface area contributed by atoms with Gasteiger partial charge in [0.2, 0.25) is 15.9 Å². The Kier molecular flexibility index (Phi) is 8.76. The number of sulfonamides is 1. The van der Waals surface area contributed by atoms with Gasteiger partial charge < -0.3 is 15.8 Å². The molecule has 3 aliphatic rings. The Labute approximate surface area is 255 Å². The molecule has 2 aliphatic heterocycles. The molecule has 218 valence electrons. The molecule has 2 bridgehead atoms. The standard InChI is InChI=1S/C22H24ClN5O3S.C7H5ClN2/c1-13-21(27-20-8-3-14(24-2)9-19(20)23)25-12-26-22(13)31-17-10-15-4-5-16(11-17)28(15)32(29,30)18-6-7-18;1-10-5-2-3-7(9)6(8)4-5/h3,8-9,12,15-18H,4-7,10-11H2,1H3,(H,25,26,27);2-4H,9H2/t15-,16-;/m0./s1. The van der Waals surface area contributed by atoms with Crippen molar-refractivity contribution in [3.8, 4) is 5.88 Å². The summed E-state index contributed by atoms with van der Waals surface area (Å²) < 4.78 is 33.7. The summed E-state index contributed by atoms with van der Waals surface area (Å²) in [6.07, 6.45) is 6.08. The maximum Gasteiger partial charge on any atom is 0.221 e. The van der Waals surface area contributed by atoms with Crippen LogP contribution in [0.3, 0.4) is 0 Å². The lowest BCUT2D eigenvalue weighted by Gasteiger charge is -2.37. The first-order valence-corrected chi connectivity index (χ1v) is 15.7. The molecular weight excluding hydrogens is 597 g/mol. The van der Waals surface area contributed by atoms with E-state index in [2.05, 4.69) is 25.0 Å². The number of aromatic nitrogens is 2. The lowest BCUT2D eigenvalue weighted by Crippen LogP contribution is -2.50. The Morgan fingerprint density at radius 1 is 0.976 bits per heavy atom. The zero-order valence-corrected chi connectivity index (χ0v) is 25.1. The van der Waals surface area contributed by atoms with Crippen LogP contribution in [-0.4, -0.2) is 46.1 Å². The maximum absolute atomic E-state index is 12.8. The van der Waals surface area contributed by atoms with E-state index in [1.54, 1.807) is 40.7 Å². The van der Waals surface area contributed by atoms with Crippen LogP contribution >= 0.6 is 23.2 Å². The number of benzene rings is 2. The van der Waals surface area contributed by atoms with Crippen molar-refractivity contribution in [2.75, 3.05) is 11.1 Å². The van der Waals surface area contributed by atoms with Gasteiger partial charge >= 0.3 is 0 Å². The normalized spacial score (nSPS) is 21.4. The molecular formula is C29H29Cl2N7O3S. The largest absolute Gasteiger partial charge is 0.474 e. The predicted octanol–water partition coefficient (Wildman–Crippen LogP) is 7.07. The summed E-state index contributed by atoms with van der Waals surface area (Å²) in [6.45, 7) is 15.6. The predicted molar refractivity (Wildman–Crippen MR) is 164 cm³/mol. The van der Waals surface area contributed by atoms with E-state index in [1.165, 1.54) is 6.33 Å². The number of rotatable bonds is 6. The van der Waals surface area contributed by atoms with Gasteiger partial charge in [-0.1, -0.05) is 35.3 Å². The molecule has 2 aromatic carbocycles. The quantitative estimate of drug-likeness (QED) is 0.222.